The molecule has 0 saturated heterocycles. The molecule has 118 valence electrons. The van der Waals surface area contributed by atoms with Crippen molar-refractivity contribution in [2.24, 2.45) is 0 Å². The first-order valence-electron chi connectivity index (χ1n) is 8.49. The summed E-state index contributed by atoms with van der Waals surface area (Å²) in [5, 5.41) is 9.72. The van der Waals surface area contributed by atoms with E-state index in [4.69, 9.17) is 0 Å². The van der Waals surface area contributed by atoms with Gasteiger partial charge in [0.15, 0.2) is 0 Å². The largest absolute Gasteiger partial charge is 0.508 e. The molecule has 0 atom stereocenters. The second-order valence-corrected chi connectivity index (χ2v) is 6.39. The fraction of sp³-hybridized carbons (Fsp3) is 0.429. The van der Waals surface area contributed by atoms with Crippen LogP contribution in [0.2, 0.25) is 0 Å². The molecule has 0 unspecified atom stereocenters. The molecule has 0 saturated carbocycles. The average Bonchev–Trinajstić information content (AvgIpc) is 2.47. The average molecular weight is 296 g/mol. The van der Waals surface area contributed by atoms with Crippen molar-refractivity contribution in [2.45, 2.75) is 58.8 Å². The summed E-state index contributed by atoms with van der Waals surface area (Å²) < 4.78 is 0. The molecular weight excluding hydrogens is 268 g/mol. The molecule has 1 heteroatoms. The van der Waals surface area contributed by atoms with Crippen LogP contribution >= 0.6 is 0 Å². The van der Waals surface area contributed by atoms with Crippen molar-refractivity contribution >= 4 is 0 Å². The predicted octanol–water partition coefficient (Wildman–Crippen LogP) is 5.74. The molecule has 0 bridgehead atoms. The zero-order chi connectivity index (χ0) is 15.8. The number of hydrogen-bond acceptors (Lipinski definition) is 1. The van der Waals surface area contributed by atoms with Gasteiger partial charge in [-0.15, -0.1) is 0 Å². The minimum absolute atomic E-state index is 0.442. The van der Waals surface area contributed by atoms with Crippen molar-refractivity contribution in [1.82, 2.24) is 0 Å². The minimum Gasteiger partial charge on any atom is -0.508 e. The fourth-order valence-corrected chi connectivity index (χ4v) is 3.11. The standard InChI is InChI=1S/C21H28O/c1-17-14-18(2)16-19(15-17)10-6-4-3-5-7-11-20-12-8-9-13-21(20)22/h8-9,12-16,22H,3-7,10-11H2,1-2H3. The van der Waals surface area contributed by atoms with Crippen molar-refractivity contribution < 1.29 is 5.11 Å². The SMILES string of the molecule is Cc1cc(C)cc(CCCCCCCc2ccccc2O)c1. The van der Waals surface area contributed by atoms with Gasteiger partial charge in [-0.2, -0.15) is 0 Å². The Hall–Kier alpha value is -1.76. The van der Waals surface area contributed by atoms with E-state index in [-0.39, 0.29) is 0 Å². The predicted molar refractivity (Wildman–Crippen MR) is 94.5 cm³/mol. The van der Waals surface area contributed by atoms with Crippen LogP contribution in [0.1, 0.15) is 54.4 Å². The Morgan fingerprint density at radius 2 is 1.32 bits per heavy atom. The number of phenols is 1. The Morgan fingerprint density at radius 1 is 0.727 bits per heavy atom. The highest BCUT2D eigenvalue weighted by atomic mass is 16.3. The molecule has 0 aromatic heterocycles. The van der Waals surface area contributed by atoms with Crippen molar-refractivity contribution in [3.8, 4) is 5.75 Å². The van der Waals surface area contributed by atoms with Crippen LogP contribution in [-0.4, -0.2) is 5.11 Å². The van der Waals surface area contributed by atoms with E-state index in [1.165, 1.54) is 55.2 Å². The number of phenolic OH excluding ortho intramolecular Hbond substituents is 1. The lowest BCUT2D eigenvalue weighted by Crippen LogP contribution is -1.90. The summed E-state index contributed by atoms with van der Waals surface area (Å²) in [6.07, 6.45) is 8.47. The highest BCUT2D eigenvalue weighted by Crippen LogP contribution is 2.19. The van der Waals surface area contributed by atoms with Gasteiger partial charge >= 0.3 is 0 Å². The molecule has 2 aromatic carbocycles. The maximum absolute atomic E-state index is 9.72. The molecule has 2 aromatic rings. The number of aromatic hydroxyl groups is 1. The quantitative estimate of drug-likeness (QED) is 0.615. The first-order valence-corrected chi connectivity index (χ1v) is 8.49. The van der Waals surface area contributed by atoms with Crippen LogP contribution in [-0.2, 0) is 12.8 Å². The Labute approximate surface area is 135 Å². The molecule has 1 nitrogen and oxygen atoms in total. The van der Waals surface area contributed by atoms with Gasteiger partial charge in [0.25, 0.3) is 0 Å². The summed E-state index contributed by atoms with van der Waals surface area (Å²) in [5.74, 6) is 0.442. The number of unbranched alkanes of at least 4 members (excludes halogenated alkanes) is 4. The van der Waals surface area contributed by atoms with E-state index in [2.05, 4.69) is 32.0 Å². The molecule has 0 amide bonds. The van der Waals surface area contributed by atoms with Gasteiger partial charge in [0, 0.05) is 0 Å². The van der Waals surface area contributed by atoms with Crippen molar-refractivity contribution in [2.75, 3.05) is 0 Å². The maximum atomic E-state index is 9.72. The van der Waals surface area contributed by atoms with Gasteiger partial charge < -0.3 is 5.11 Å². The summed E-state index contributed by atoms with van der Waals surface area (Å²) in [5.41, 5.74) is 5.31. The third-order valence-electron chi connectivity index (χ3n) is 4.18. The Bertz CT molecular complexity index is 566. The zero-order valence-corrected chi connectivity index (χ0v) is 13.9. The van der Waals surface area contributed by atoms with E-state index in [1.807, 2.05) is 18.2 Å². The van der Waals surface area contributed by atoms with Crippen molar-refractivity contribution in [3.63, 3.8) is 0 Å². The fourth-order valence-electron chi connectivity index (χ4n) is 3.11. The third kappa shape index (κ3) is 5.55. The highest BCUT2D eigenvalue weighted by molar-refractivity contribution is 5.31. The van der Waals surface area contributed by atoms with Gasteiger partial charge in [0.05, 0.1) is 0 Å². The van der Waals surface area contributed by atoms with Crippen molar-refractivity contribution in [3.05, 3.63) is 64.7 Å². The molecule has 0 aliphatic heterocycles. The molecule has 0 aliphatic carbocycles. The Kier molecular flexibility index (Phi) is 6.51. The lowest BCUT2D eigenvalue weighted by Gasteiger charge is -2.06. The van der Waals surface area contributed by atoms with E-state index >= 15 is 0 Å². The molecular formula is C21H28O. The van der Waals surface area contributed by atoms with Crippen LogP contribution in [0.5, 0.6) is 5.75 Å². The zero-order valence-electron chi connectivity index (χ0n) is 13.9. The Morgan fingerprint density at radius 3 is 2.00 bits per heavy atom. The van der Waals surface area contributed by atoms with Gasteiger partial charge in [-0.3, -0.25) is 0 Å². The maximum Gasteiger partial charge on any atom is 0.118 e. The summed E-state index contributed by atoms with van der Waals surface area (Å²) in [7, 11) is 0. The van der Waals surface area contributed by atoms with Crippen LogP contribution in [0.15, 0.2) is 42.5 Å². The third-order valence-corrected chi connectivity index (χ3v) is 4.18. The molecule has 0 fully saturated rings. The van der Waals surface area contributed by atoms with E-state index in [9.17, 15) is 5.11 Å². The Balaban J connectivity index is 1.59. The summed E-state index contributed by atoms with van der Waals surface area (Å²) >= 11 is 0. The molecule has 0 spiro atoms. The molecule has 0 aliphatic rings. The van der Waals surface area contributed by atoms with E-state index in [0.29, 0.717) is 5.75 Å². The molecule has 1 N–H and O–H groups in total. The summed E-state index contributed by atoms with van der Waals surface area (Å²) in [4.78, 5) is 0. The van der Waals surface area contributed by atoms with Crippen molar-refractivity contribution in [1.29, 1.82) is 0 Å². The second kappa shape index (κ2) is 8.63. The van der Waals surface area contributed by atoms with Crippen LogP contribution < -0.4 is 0 Å². The van der Waals surface area contributed by atoms with Gasteiger partial charge in [0.1, 0.15) is 5.75 Å². The summed E-state index contributed by atoms with van der Waals surface area (Å²) in [6.45, 7) is 4.35. The second-order valence-electron chi connectivity index (χ2n) is 6.39. The molecule has 0 heterocycles. The normalized spacial score (nSPS) is 10.8. The smallest absolute Gasteiger partial charge is 0.118 e. The van der Waals surface area contributed by atoms with Gasteiger partial charge in [-0.1, -0.05) is 66.8 Å². The number of para-hydroxylation sites is 1. The first kappa shape index (κ1) is 16.6. The number of hydrogen-bond donors (Lipinski definition) is 1. The molecule has 22 heavy (non-hydrogen) atoms. The lowest BCUT2D eigenvalue weighted by molar-refractivity contribution is 0.466. The molecule has 0 radical (unpaired) electrons. The minimum atomic E-state index is 0.442. The monoisotopic (exact) mass is 296 g/mol. The van der Waals surface area contributed by atoms with Gasteiger partial charge in [-0.05, 0) is 56.7 Å². The van der Waals surface area contributed by atoms with E-state index in [0.717, 1.165) is 12.0 Å². The van der Waals surface area contributed by atoms with Crippen LogP contribution in [0, 0.1) is 13.8 Å². The van der Waals surface area contributed by atoms with Crippen LogP contribution in [0.25, 0.3) is 0 Å². The lowest BCUT2D eigenvalue weighted by atomic mass is 10.0. The van der Waals surface area contributed by atoms with Crippen LogP contribution in [0.4, 0.5) is 0 Å². The first-order chi connectivity index (χ1) is 10.6. The number of benzene rings is 2. The van der Waals surface area contributed by atoms with Crippen LogP contribution in [0.3, 0.4) is 0 Å². The van der Waals surface area contributed by atoms with Gasteiger partial charge in [-0.25, -0.2) is 0 Å². The highest BCUT2D eigenvalue weighted by Gasteiger charge is 2.00. The summed E-state index contributed by atoms with van der Waals surface area (Å²) in [6, 6.07) is 14.5. The van der Waals surface area contributed by atoms with E-state index in [1.54, 1.807) is 6.07 Å². The van der Waals surface area contributed by atoms with E-state index < -0.39 is 0 Å². The number of aryl methyl sites for hydroxylation is 4. The van der Waals surface area contributed by atoms with Gasteiger partial charge in [0.2, 0.25) is 0 Å². The molecule has 2 rings (SSSR count). The number of rotatable bonds is 8. The topological polar surface area (TPSA) is 20.2 Å².